The summed E-state index contributed by atoms with van der Waals surface area (Å²) >= 11 is 1.77. The molecule has 0 aromatic rings. The van der Waals surface area contributed by atoms with Gasteiger partial charge in [0.2, 0.25) is 0 Å². The van der Waals surface area contributed by atoms with E-state index >= 15 is 0 Å². The molecule has 1 rings (SSSR count). The number of ketones is 1. The molecular weight excluding hydrogens is 200 g/mol. The van der Waals surface area contributed by atoms with Gasteiger partial charge in [-0.3, -0.25) is 4.79 Å². The first-order chi connectivity index (χ1) is 6.68. The average Bonchev–Trinajstić information content (AvgIpc) is 2.16. The van der Waals surface area contributed by atoms with Crippen molar-refractivity contribution < 1.29 is 9.59 Å². The van der Waals surface area contributed by atoms with Gasteiger partial charge in [0, 0.05) is 0 Å². The van der Waals surface area contributed by atoms with Gasteiger partial charge in [-0.25, -0.2) is 4.79 Å². The van der Waals surface area contributed by atoms with Crippen LogP contribution in [0.1, 0.15) is 26.2 Å². The van der Waals surface area contributed by atoms with Crippen molar-refractivity contribution in [2.75, 3.05) is 12.3 Å². The predicted octanol–water partition coefficient (Wildman–Crippen LogP) is 1.12. The summed E-state index contributed by atoms with van der Waals surface area (Å²) in [7, 11) is 0. The summed E-state index contributed by atoms with van der Waals surface area (Å²) in [5, 5.41) is 5.57. The van der Waals surface area contributed by atoms with Crippen LogP contribution in [0.4, 0.5) is 4.79 Å². The van der Waals surface area contributed by atoms with E-state index in [9.17, 15) is 9.59 Å². The Bertz CT molecular complexity index is 215. The second-order valence-electron chi connectivity index (χ2n) is 3.38. The number of carbonyl (C=O) groups excluding carboxylic acids is 2. The molecule has 2 N–H and O–H groups in total. The van der Waals surface area contributed by atoms with Crippen LogP contribution in [-0.4, -0.2) is 29.5 Å². The Kier molecular flexibility index (Phi) is 4.79. The molecular formula is C9H16N2O2S. The molecule has 0 spiro atoms. The standard InChI is InChI=1S/C9H16N2O2S/c1-7(12)6-10-9(13)11-8-4-2-3-5-14-8/h8H,2-6H2,1H3,(H2,10,11,13). The second-order valence-corrected chi connectivity index (χ2v) is 4.69. The zero-order valence-corrected chi connectivity index (χ0v) is 9.15. The van der Waals surface area contributed by atoms with Crippen molar-refractivity contribution in [3.8, 4) is 0 Å². The molecule has 2 amide bonds. The highest BCUT2D eigenvalue weighted by molar-refractivity contribution is 7.99. The van der Waals surface area contributed by atoms with Crippen LogP contribution >= 0.6 is 11.8 Å². The van der Waals surface area contributed by atoms with Crippen LogP contribution in [0, 0.1) is 0 Å². The maximum absolute atomic E-state index is 11.2. The number of thioether (sulfide) groups is 1. The van der Waals surface area contributed by atoms with Crippen LogP contribution in [0.3, 0.4) is 0 Å². The van der Waals surface area contributed by atoms with E-state index in [2.05, 4.69) is 10.6 Å². The van der Waals surface area contributed by atoms with Crippen molar-refractivity contribution in [3.63, 3.8) is 0 Å². The van der Waals surface area contributed by atoms with Gasteiger partial charge in [0.25, 0.3) is 0 Å². The van der Waals surface area contributed by atoms with Gasteiger partial charge in [0.05, 0.1) is 11.9 Å². The van der Waals surface area contributed by atoms with E-state index in [1.165, 1.54) is 19.8 Å². The van der Waals surface area contributed by atoms with E-state index in [-0.39, 0.29) is 23.7 Å². The number of Topliss-reactive ketones (excluding diaryl/α,β-unsaturated/α-hetero) is 1. The zero-order valence-electron chi connectivity index (χ0n) is 8.34. The molecule has 0 bridgehead atoms. The smallest absolute Gasteiger partial charge is 0.316 e. The quantitative estimate of drug-likeness (QED) is 0.743. The third-order valence-corrected chi connectivity index (χ3v) is 3.25. The summed E-state index contributed by atoms with van der Waals surface area (Å²) in [4.78, 5) is 21.8. The number of hydrogen-bond donors (Lipinski definition) is 2. The molecule has 1 aliphatic heterocycles. The first-order valence-electron chi connectivity index (χ1n) is 4.84. The van der Waals surface area contributed by atoms with Crippen LogP contribution in [0.15, 0.2) is 0 Å². The number of carbonyl (C=O) groups is 2. The van der Waals surface area contributed by atoms with Crippen LogP contribution in [-0.2, 0) is 4.79 Å². The Balaban J connectivity index is 2.15. The van der Waals surface area contributed by atoms with E-state index in [0.717, 1.165) is 12.2 Å². The molecule has 5 heteroatoms. The van der Waals surface area contributed by atoms with Crippen molar-refractivity contribution in [1.29, 1.82) is 0 Å². The molecule has 1 aliphatic rings. The van der Waals surface area contributed by atoms with Crippen molar-refractivity contribution >= 4 is 23.6 Å². The fraction of sp³-hybridized carbons (Fsp3) is 0.778. The van der Waals surface area contributed by atoms with Crippen LogP contribution < -0.4 is 10.6 Å². The van der Waals surface area contributed by atoms with Crippen LogP contribution in [0.5, 0.6) is 0 Å². The highest BCUT2D eigenvalue weighted by atomic mass is 32.2. The molecule has 1 unspecified atom stereocenters. The summed E-state index contributed by atoms with van der Waals surface area (Å²) in [6, 6.07) is -0.236. The maximum atomic E-state index is 11.2. The van der Waals surface area contributed by atoms with Gasteiger partial charge in [-0.2, -0.15) is 0 Å². The van der Waals surface area contributed by atoms with Gasteiger partial charge in [-0.1, -0.05) is 0 Å². The number of amides is 2. The lowest BCUT2D eigenvalue weighted by atomic mass is 10.2. The minimum atomic E-state index is -0.236. The average molecular weight is 216 g/mol. The van der Waals surface area contributed by atoms with Crippen LogP contribution in [0.25, 0.3) is 0 Å². The molecule has 4 nitrogen and oxygen atoms in total. The SMILES string of the molecule is CC(=O)CNC(=O)NC1CCCCS1. The predicted molar refractivity (Wildman–Crippen MR) is 57.3 cm³/mol. The number of hydrogen-bond acceptors (Lipinski definition) is 3. The van der Waals surface area contributed by atoms with Crippen LogP contribution in [0.2, 0.25) is 0 Å². The highest BCUT2D eigenvalue weighted by Gasteiger charge is 2.15. The monoisotopic (exact) mass is 216 g/mol. The molecule has 0 aromatic heterocycles. The first kappa shape index (κ1) is 11.4. The Morgan fingerprint density at radius 1 is 1.43 bits per heavy atom. The lowest BCUT2D eigenvalue weighted by Crippen LogP contribution is -2.43. The molecule has 0 aromatic carbocycles. The minimum absolute atomic E-state index is 0.0311. The summed E-state index contributed by atoms with van der Waals surface area (Å²) in [6.45, 7) is 1.57. The van der Waals surface area contributed by atoms with E-state index in [0.29, 0.717) is 0 Å². The van der Waals surface area contributed by atoms with Gasteiger partial charge >= 0.3 is 6.03 Å². The first-order valence-corrected chi connectivity index (χ1v) is 5.89. The van der Waals surface area contributed by atoms with E-state index in [4.69, 9.17) is 0 Å². The van der Waals surface area contributed by atoms with E-state index < -0.39 is 0 Å². The Morgan fingerprint density at radius 2 is 2.21 bits per heavy atom. The fourth-order valence-electron chi connectivity index (χ4n) is 1.26. The molecule has 1 fully saturated rings. The molecule has 0 saturated carbocycles. The van der Waals surface area contributed by atoms with Gasteiger partial charge < -0.3 is 10.6 Å². The molecule has 80 valence electrons. The summed E-state index contributed by atoms with van der Waals surface area (Å²) in [6.07, 6.45) is 3.43. The topological polar surface area (TPSA) is 58.2 Å². The normalized spacial score (nSPS) is 21.4. The molecule has 1 atom stereocenters. The van der Waals surface area contributed by atoms with Crippen molar-refractivity contribution in [1.82, 2.24) is 10.6 Å². The summed E-state index contributed by atoms with van der Waals surface area (Å²) in [5.74, 6) is 1.08. The van der Waals surface area contributed by atoms with Gasteiger partial charge in [-0.15, -0.1) is 11.8 Å². The van der Waals surface area contributed by atoms with Gasteiger partial charge in [-0.05, 0) is 31.9 Å². The molecule has 14 heavy (non-hydrogen) atoms. The second kappa shape index (κ2) is 5.90. The summed E-state index contributed by atoms with van der Waals surface area (Å²) in [5.41, 5.74) is 0. The molecule has 0 radical (unpaired) electrons. The Hall–Kier alpha value is -0.710. The third-order valence-electron chi connectivity index (χ3n) is 1.97. The summed E-state index contributed by atoms with van der Waals surface area (Å²) < 4.78 is 0. The largest absolute Gasteiger partial charge is 0.331 e. The maximum Gasteiger partial charge on any atom is 0.316 e. The molecule has 1 saturated heterocycles. The van der Waals surface area contributed by atoms with Gasteiger partial charge in [0.1, 0.15) is 5.78 Å². The van der Waals surface area contributed by atoms with Crippen molar-refractivity contribution in [2.24, 2.45) is 0 Å². The van der Waals surface area contributed by atoms with Gasteiger partial charge in [0.15, 0.2) is 0 Å². The lowest BCUT2D eigenvalue weighted by molar-refractivity contribution is -0.116. The Morgan fingerprint density at radius 3 is 2.79 bits per heavy atom. The van der Waals surface area contributed by atoms with Crippen molar-refractivity contribution in [3.05, 3.63) is 0 Å². The van der Waals surface area contributed by atoms with E-state index in [1.807, 2.05) is 0 Å². The lowest BCUT2D eigenvalue weighted by Gasteiger charge is -2.22. The molecule has 1 heterocycles. The number of nitrogens with one attached hydrogen (secondary N) is 2. The third kappa shape index (κ3) is 4.50. The van der Waals surface area contributed by atoms with E-state index in [1.54, 1.807) is 11.8 Å². The fourth-order valence-corrected chi connectivity index (χ4v) is 2.44. The molecule has 0 aliphatic carbocycles. The highest BCUT2D eigenvalue weighted by Crippen LogP contribution is 2.22. The number of rotatable bonds is 3. The Labute approximate surface area is 88.2 Å². The van der Waals surface area contributed by atoms with Crippen molar-refractivity contribution in [2.45, 2.75) is 31.6 Å². The number of urea groups is 1. The minimum Gasteiger partial charge on any atom is -0.331 e. The zero-order chi connectivity index (χ0) is 10.4.